The molecule has 0 unspecified atom stereocenters. The topological polar surface area (TPSA) is 125 Å². The van der Waals surface area contributed by atoms with E-state index in [0.29, 0.717) is 17.4 Å². The van der Waals surface area contributed by atoms with E-state index in [0.717, 1.165) is 31.2 Å². The Morgan fingerprint density at radius 3 is 2.95 bits per heavy atom. The second kappa shape index (κ2) is 4.63. The molecule has 19 heavy (non-hydrogen) atoms. The second-order valence-corrected chi connectivity index (χ2v) is 5.00. The summed E-state index contributed by atoms with van der Waals surface area (Å²) in [6.45, 7) is 1.01. The van der Waals surface area contributed by atoms with Crippen molar-refractivity contribution < 1.29 is 5.11 Å². The Kier molecular flexibility index (Phi) is 2.96. The number of nitrogens with zero attached hydrogens (tertiary/aromatic N) is 3. The van der Waals surface area contributed by atoms with Crippen LogP contribution in [0, 0.1) is 5.41 Å². The van der Waals surface area contributed by atoms with E-state index in [4.69, 9.17) is 10.9 Å². The van der Waals surface area contributed by atoms with E-state index in [1.165, 1.54) is 0 Å². The van der Waals surface area contributed by atoms with Crippen LogP contribution < -0.4 is 16.6 Å². The normalized spacial score (nSPS) is 16.5. The first-order chi connectivity index (χ1) is 9.26. The van der Waals surface area contributed by atoms with E-state index in [1.807, 2.05) is 0 Å². The SMILES string of the molecule is NNc1nc(NCC2(CCO)CC2)c2cn[nH]c2n1. The van der Waals surface area contributed by atoms with Crippen molar-refractivity contribution in [1.29, 1.82) is 0 Å². The van der Waals surface area contributed by atoms with Crippen molar-refractivity contribution in [3.8, 4) is 0 Å². The third kappa shape index (κ3) is 2.32. The third-order valence-electron chi connectivity index (χ3n) is 3.67. The van der Waals surface area contributed by atoms with E-state index < -0.39 is 0 Å². The molecule has 0 spiro atoms. The van der Waals surface area contributed by atoms with Crippen molar-refractivity contribution in [3.05, 3.63) is 6.20 Å². The van der Waals surface area contributed by atoms with E-state index >= 15 is 0 Å². The number of aliphatic hydroxyl groups is 1. The summed E-state index contributed by atoms with van der Waals surface area (Å²) in [6, 6.07) is 0. The van der Waals surface area contributed by atoms with Crippen molar-refractivity contribution >= 4 is 22.8 Å². The van der Waals surface area contributed by atoms with Gasteiger partial charge in [0.25, 0.3) is 0 Å². The number of hydrogen-bond acceptors (Lipinski definition) is 7. The number of nitrogens with one attached hydrogen (secondary N) is 3. The van der Waals surface area contributed by atoms with Gasteiger partial charge in [0, 0.05) is 13.2 Å². The maximum absolute atomic E-state index is 9.07. The monoisotopic (exact) mass is 263 g/mol. The van der Waals surface area contributed by atoms with Gasteiger partial charge in [-0.3, -0.25) is 10.5 Å². The Balaban J connectivity index is 1.81. The maximum Gasteiger partial charge on any atom is 0.241 e. The summed E-state index contributed by atoms with van der Waals surface area (Å²) in [5.74, 6) is 6.39. The molecule has 2 aromatic rings. The zero-order valence-corrected chi connectivity index (χ0v) is 10.5. The molecular formula is C11H17N7O. The predicted molar refractivity (Wildman–Crippen MR) is 71.4 cm³/mol. The van der Waals surface area contributed by atoms with Crippen LogP contribution in [-0.2, 0) is 0 Å². The highest BCUT2D eigenvalue weighted by Gasteiger charge is 2.41. The van der Waals surface area contributed by atoms with Gasteiger partial charge in [0.15, 0.2) is 5.65 Å². The quantitative estimate of drug-likeness (QED) is 0.373. The van der Waals surface area contributed by atoms with Crippen LogP contribution in [-0.4, -0.2) is 38.4 Å². The number of fused-ring (bicyclic) bond motifs is 1. The maximum atomic E-state index is 9.07. The van der Waals surface area contributed by atoms with Crippen molar-refractivity contribution in [2.24, 2.45) is 11.3 Å². The molecule has 102 valence electrons. The second-order valence-electron chi connectivity index (χ2n) is 5.00. The molecule has 1 saturated carbocycles. The fraction of sp³-hybridized carbons (Fsp3) is 0.545. The summed E-state index contributed by atoms with van der Waals surface area (Å²) >= 11 is 0. The van der Waals surface area contributed by atoms with E-state index in [1.54, 1.807) is 6.20 Å². The Bertz CT molecular complexity index is 577. The number of rotatable bonds is 6. The number of aromatic nitrogens is 4. The van der Waals surface area contributed by atoms with Crippen LogP contribution in [0.25, 0.3) is 11.0 Å². The highest BCUT2D eigenvalue weighted by molar-refractivity contribution is 5.86. The minimum Gasteiger partial charge on any atom is -0.396 e. The first-order valence-corrected chi connectivity index (χ1v) is 6.29. The summed E-state index contributed by atoms with van der Waals surface area (Å²) < 4.78 is 0. The summed E-state index contributed by atoms with van der Waals surface area (Å²) in [7, 11) is 0. The molecule has 0 radical (unpaired) electrons. The van der Waals surface area contributed by atoms with Gasteiger partial charge in [-0.25, -0.2) is 5.84 Å². The molecule has 2 heterocycles. The van der Waals surface area contributed by atoms with Crippen molar-refractivity contribution in [2.75, 3.05) is 23.9 Å². The standard InChI is InChI=1S/C11H17N7O/c12-17-10-15-8(7-5-14-18-9(7)16-10)13-6-11(1-2-11)3-4-19/h5,19H,1-4,6,12H2,(H3,13,14,15,16,17,18). The van der Waals surface area contributed by atoms with Gasteiger partial charge in [-0.2, -0.15) is 15.1 Å². The molecule has 0 saturated heterocycles. The number of anilines is 2. The highest BCUT2D eigenvalue weighted by atomic mass is 16.3. The van der Waals surface area contributed by atoms with Crippen molar-refractivity contribution in [3.63, 3.8) is 0 Å². The molecule has 0 atom stereocenters. The molecule has 1 fully saturated rings. The molecule has 0 aromatic carbocycles. The molecule has 8 nitrogen and oxygen atoms in total. The lowest BCUT2D eigenvalue weighted by Crippen LogP contribution is -2.18. The highest BCUT2D eigenvalue weighted by Crippen LogP contribution is 2.48. The minimum absolute atomic E-state index is 0.214. The van der Waals surface area contributed by atoms with E-state index in [2.05, 4.69) is 30.9 Å². The van der Waals surface area contributed by atoms with Gasteiger partial charge in [-0.15, -0.1) is 0 Å². The van der Waals surface area contributed by atoms with Crippen LogP contribution in [0.4, 0.5) is 11.8 Å². The van der Waals surface area contributed by atoms with Crippen LogP contribution in [0.2, 0.25) is 0 Å². The van der Waals surface area contributed by atoms with Gasteiger partial charge < -0.3 is 10.4 Å². The predicted octanol–water partition coefficient (Wildman–Crippen LogP) is 0.213. The van der Waals surface area contributed by atoms with Gasteiger partial charge in [0.05, 0.1) is 11.6 Å². The fourth-order valence-corrected chi connectivity index (χ4v) is 2.23. The van der Waals surface area contributed by atoms with Crippen molar-refractivity contribution in [1.82, 2.24) is 20.2 Å². The molecule has 6 N–H and O–H groups in total. The molecule has 0 aliphatic heterocycles. The third-order valence-corrected chi connectivity index (χ3v) is 3.67. The molecule has 0 amide bonds. The molecule has 1 aliphatic rings. The molecule has 0 bridgehead atoms. The van der Waals surface area contributed by atoms with Gasteiger partial charge in [-0.1, -0.05) is 0 Å². The number of nitrogens with two attached hydrogens (primary N) is 1. The number of hydrogen-bond donors (Lipinski definition) is 5. The number of hydrazine groups is 1. The fourth-order valence-electron chi connectivity index (χ4n) is 2.23. The summed E-state index contributed by atoms with van der Waals surface area (Å²) in [5.41, 5.74) is 3.29. The summed E-state index contributed by atoms with van der Waals surface area (Å²) in [4.78, 5) is 8.47. The molecule has 2 aromatic heterocycles. The van der Waals surface area contributed by atoms with E-state index in [9.17, 15) is 0 Å². The lowest BCUT2D eigenvalue weighted by Gasteiger charge is -2.15. The smallest absolute Gasteiger partial charge is 0.241 e. The van der Waals surface area contributed by atoms with Crippen molar-refractivity contribution in [2.45, 2.75) is 19.3 Å². The number of H-pyrrole nitrogens is 1. The van der Waals surface area contributed by atoms with Gasteiger partial charge in [0.2, 0.25) is 5.95 Å². The minimum atomic E-state index is 0.214. The Labute approximate surface area is 109 Å². The average Bonchev–Trinajstić information content (AvgIpc) is 3.02. The Morgan fingerprint density at radius 2 is 2.26 bits per heavy atom. The molecular weight excluding hydrogens is 246 g/mol. The lowest BCUT2D eigenvalue weighted by atomic mass is 10.0. The number of nitrogen functional groups attached to an aromatic ring is 1. The molecule has 3 rings (SSSR count). The number of aliphatic hydroxyl groups excluding tert-OH is 1. The van der Waals surface area contributed by atoms with Gasteiger partial charge in [0.1, 0.15) is 5.82 Å². The Morgan fingerprint density at radius 1 is 1.42 bits per heavy atom. The van der Waals surface area contributed by atoms with Gasteiger partial charge in [-0.05, 0) is 24.7 Å². The van der Waals surface area contributed by atoms with E-state index in [-0.39, 0.29) is 12.0 Å². The zero-order valence-electron chi connectivity index (χ0n) is 10.5. The lowest BCUT2D eigenvalue weighted by molar-refractivity contribution is 0.253. The first kappa shape index (κ1) is 12.1. The van der Waals surface area contributed by atoms with Crippen LogP contribution in [0.5, 0.6) is 0 Å². The number of aromatic amines is 1. The average molecular weight is 263 g/mol. The summed E-state index contributed by atoms with van der Waals surface area (Å²) in [6.07, 6.45) is 4.79. The first-order valence-electron chi connectivity index (χ1n) is 6.29. The van der Waals surface area contributed by atoms with Crippen LogP contribution in [0.1, 0.15) is 19.3 Å². The van der Waals surface area contributed by atoms with Crippen LogP contribution in [0.3, 0.4) is 0 Å². The summed E-state index contributed by atoms with van der Waals surface area (Å²) in [5, 5.41) is 20.0. The van der Waals surface area contributed by atoms with Gasteiger partial charge >= 0.3 is 0 Å². The van der Waals surface area contributed by atoms with Crippen LogP contribution in [0.15, 0.2) is 6.20 Å². The largest absolute Gasteiger partial charge is 0.396 e. The molecule has 8 heteroatoms. The molecule has 1 aliphatic carbocycles. The zero-order chi connectivity index (χ0) is 13.3. The van der Waals surface area contributed by atoms with Crippen LogP contribution >= 0.6 is 0 Å². The Hall–Kier alpha value is -1.93.